The smallest absolute Gasteiger partial charge is 0.335 e. The monoisotopic (exact) mass is 394 g/mol. The van der Waals surface area contributed by atoms with Crippen LogP contribution in [0.4, 0.5) is 0 Å². The van der Waals surface area contributed by atoms with Gasteiger partial charge in [0.25, 0.3) is 0 Å². The van der Waals surface area contributed by atoms with Gasteiger partial charge < -0.3 is 15.2 Å². The molecule has 136 valence electrons. The number of rotatable bonds is 6. The molecular formula is C18H16Cl2N2O4. The van der Waals surface area contributed by atoms with Crippen LogP contribution in [0.15, 0.2) is 42.5 Å². The van der Waals surface area contributed by atoms with Gasteiger partial charge in [-0.15, -0.1) is 12.4 Å². The zero-order valence-corrected chi connectivity index (χ0v) is 15.0. The first kappa shape index (κ1) is 19.8. The largest absolute Gasteiger partial charge is 0.481 e. The maximum atomic E-state index is 11.2. The molecule has 0 amide bonds. The van der Waals surface area contributed by atoms with Crippen LogP contribution in [0.3, 0.4) is 0 Å². The van der Waals surface area contributed by atoms with Crippen molar-refractivity contribution in [2.75, 3.05) is 0 Å². The number of nitrogens with one attached hydrogen (secondary N) is 1. The molecule has 26 heavy (non-hydrogen) atoms. The fraction of sp³-hybridized carbons (Fsp3) is 0.167. The van der Waals surface area contributed by atoms with Crippen LogP contribution in [0.25, 0.3) is 11.0 Å². The lowest BCUT2D eigenvalue weighted by molar-refractivity contribution is -0.137. The highest BCUT2D eigenvalue weighted by atomic mass is 35.5. The summed E-state index contributed by atoms with van der Waals surface area (Å²) in [6, 6.07) is 11.7. The zero-order valence-electron chi connectivity index (χ0n) is 13.5. The number of hydrogen-bond donors (Lipinski definition) is 3. The molecular weight excluding hydrogens is 379 g/mol. The van der Waals surface area contributed by atoms with Gasteiger partial charge in [0, 0.05) is 17.4 Å². The quantitative estimate of drug-likeness (QED) is 0.582. The van der Waals surface area contributed by atoms with E-state index in [9.17, 15) is 14.7 Å². The van der Waals surface area contributed by atoms with Gasteiger partial charge >= 0.3 is 11.9 Å². The van der Waals surface area contributed by atoms with Crippen molar-refractivity contribution in [3.05, 3.63) is 64.4 Å². The molecule has 3 aromatic rings. The molecule has 0 radical (unpaired) electrons. The molecule has 0 fully saturated rings. The van der Waals surface area contributed by atoms with Crippen molar-refractivity contribution < 1.29 is 19.8 Å². The third-order valence-electron chi connectivity index (χ3n) is 3.98. The molecule has 2 aromatic carbocycles. The first-order valence-corrected chi connectivity index (χ1v) is 7.99. The van der Waals surface area contributed by atoms with E-state index < -0.39 is 11.9 Å². The Bertz CT molecular complexity index is 938. The van der Waals surface area contributed by atoms with Crippen molar-refractivity contribution in [3.63, 3.8) is 0 Å². The van der Waals surface area contributed by atoms with Crippen LogP contribution in [0.5, 0.6) is 0 Å². The Morgan fingerprint density at radius 3 is 2.42 bits per heavy atom. The molecule has 0 aliphatic carbocycles. The van der Waals surface area contributed by atoms with Crippen molar-refractivity contribution in [2.24, 2.45) is 0 Å². The van der Waals surface area contributed by atoms with Gasteiger partial charge in [0.05, 0.1) is 23.0 Å². The van der Waals surface area contributed by atoms with Crippen molar-refractivity contribution in [1.29, 1.82) is 0 Å². The van der Waals surface area contributed by atoms with Crippen LogP contribution >= 0.6 is 24.0 Å². The maximum absolute atomic E-state index is 11.2. The number of aliphatic carboxylic acids is 1. The summed E-state index contributed by atoms with van der Waals surface area (Å²) < 4.78 is 0. The van der Waals surface area contributed by atoms with Gasteiger partial charge in [0.2, 0.25) is 0 Å². The number of aromatic carboxylic acids is 1. The second-order valence-corrected chi connectivity index (χ2v) is 6.21. The number of aromatic amines is 1. The van der Waals surface area contributed by atoms with E-state index in [0.29, 0.717) is 28.3 Å². The van der Waals surface area contributed by atoms with Crippen molar-refractivity contribution in [3.8, 4) is 0 Å². The standard InChI is InChI=1S/C18H15ClN2O4.ClH/c19-13-4-1-10(2-5-13)12(9-17(22)23)8-16-20-14-6-3-11(18(24)25)7-15(14)21-16;/h1-7,12H,8-9H2,(H,20,21)(H,22,23)(H,24,25);1H. The number of nitrogens with zero attached hydrogens (tertiary/aromatic N) is 1. The number of fused-ring (bicyclic) bond motifs is 1. The van der Waals surface area contributed by atoms with Gasteiger partial charge in [-0.2, -0.15) is 0 Å². The Morgan fingerprint density at radius 1 is 1.12 bits per heavy atom. The van der Waals surface area contributed by atoms with Gasteiger partial charge in [0.1, 0.15) is 5.82 Å². The number of carbonyl (C=O) groups is 2. The SMILES string of the molecule is Cl.O=C(O)CC(Cc1nc2cc(C(=O)O)ccc2[nH]1)c1ccc(Cl)cc1. The summed E-state index contributed by atoms with van der Waals surface area (Å²) in [5.74, 6) is -1.58. The van der Waals surface area contributed by atoms with E-state index in [1.807, 2.05) is 0 Å². The molecule has 1 unspecified atom stereocenters. The van der Waals surface area contributed by atoms with E-state index in [0.717, 1.165) is 5.56 Å². The van der Waals surface area contributed by atoms with Gasteiger partial charge in [-0.3, -0.25) is 4.79 Å². The average Bonchev–Trinajstić information content (AvgIpc) is 2.95. The van der Waals surface area contributed by atoms with E-state index in [1.54, 1.807) is 30.3 Å². The van der Waals surface area contributed by atoms with Crippen LogP contribution in [0.1, 0.15) is 34.1 Å². The average molecular weight is 395 g/mol. The third kappa shape index (κ3) is 4.53. The predicted molar refractivity (Wildman–Crippen MR) is 100 cm³/mol. The highest BCUT2D eigenvalue weighted by Gasteiger charge is 2.18. The molecule has 1 heterocycles. The number of hydrogen-bond acceptors (Lipinski definition) is 3. The molecule has 1 aromatic heterocycles. The molecule has 1 atom stereocenters. The van der Waals surface area contributed by atoms with E-state index in [1.165, 1.54) is 12.1 Å². The van der Waals surface area contributed by atoms with Crippen LogP contribution in [-0.2, 0) is 11.2 Å². The van der Waals surface area contributed by atoms with Crippen LogP contribution in [0.2, 0.25) is 5.02 Å². The number of halogens is 2. The summed E-state index contributed by atoms with van der Waals surface area (Å²) in [6.07, 6.45) is 0.351. The minimum atomic E-state index is -1.02. The second-order valence-electron chi connectivity index (χ2n) is 5.77. The highest BCUT2D eigenvalue weighted by molar-refractivity contribution is 6.30. The van der Waals surface area contributed by atoms with Crippen LogP contribution in [-0.4, -0.2) is 32.1 Å². The molecule has 0 saturated heterocycles. The number of aromatic nitrogens is 2. The van der Waals surface area contributed by atoms with E-state index >= 15 is 0 Å². The van der Waals surface area contributed by atoms with Gasteiger partial charge in [-0.25, -0.2) is 9.78 Å². The minimum Gasteiger partial charge on any atom is -0.481 e. The van der Waals surface area contributed by atoms with Crippen molar-refractivity contribution in [1.82, 2.24) is 9.97 Å². The molecule has 3 rings (SSSR count). The van der Waals surface area contributed by atoms with Crippen LogP contribution < -0.4 is 0 Å². The summed E-state index contributed by atoms with van der Waals surface area (Å²) in [7, 11) is 0. The lowest BCUT2D eigenvalue weighted by Crippen LogP contribution is -2.10. The topological polar surface area (TPSA) is 103 Å². The zero-order chi connectivity index (χ0) is 18.0. The third-order valence-corrected chi connectivity index (χ3v) is 4.23. The fourth-order valence-corrected chi connectivity index (χ4v) is 2.90. The molecule has 0 aliphatic rings. The Morgan fingerprint density at radius 2 is 1.81 bits per heavy atom. The van der Waals surface area contributed by atoms with Gasteiger partial charge in [0.15, 0.2) is 0 Å². The maximum Gasteiger partial charge on any atom is 0.335 e. The molecule has 3 N–H and O–H groups in total. The molecule has 0 spiro atoms. The first-order chi connectivity index (χ1) is 11.9. The number of H-pyrrole nitrogens is 1. The lowest BCUT2D eigenvalue weighted by atomic mass is 9.92. The summed E-state index contributed by atoms with van der Waals surface area (Å²) in [4.78, 5) is 29.8. The molecule has 0 saturated carbocycles. The number of carboxylic acid groups (broad SMARTS) is 2. The Balaban J connectivity index is 0.00000243. The molecule has 0 aliphatic heterocycles. The molecule has 6 nitrogen and oxygen atoms in total. The van der Waals surface area contributed by atoms with Gasteiger partial charge in [-0.05, 0) is 35.9 Å². The van der Waals surface area contributed by atoms with Crippen molar-refractivity contribution in [2.45, 2.75) is 18.8 Å². The lowest BCUT2D eigenvalue weighted by Gasteiger charge is -2.14. The van der Waals surface area contributed by atoms with Gasteiger partial charge in [-0.1, -0.05) is 23.7 Å². The highest BCUT2D eigenvalue weighted by Crippen LogP contribution is 2.26. The van der Waals surface area contributed by atoms with E-state index in [2.05, 4.69) is 9.97 Å². The number of carboxylic acids is 2. The summed E-state index contributed by atoms with van der Waals surface area (Å²) in [6.45, 7) is 0. The van der Waals surface area contributed by atoms with Crippen molar-refractivity contribution >= 4 is 47.0 Å². The minimum absolute atomic E-state index is 0. The fourth-order valence-electron chi connectivity index (χ4n) is 2.78. The van der Waals surface area contributed by atoms with Crippen LogP contribution in [0, 0.1) is 0 Å². The summed E-state index contributed by atoms with van der Waals surface area (Å²) in [5, 5.41) is 18.8. The Kier molecular flexibility index (Phi) is 6.23. The molecule has 0 bridgehead atoms. The van der Waals surface area contributed by atoms with E-state index in [-0.39, 0.29) is 30.3 Å². The number of benzene rings is 2. The normalized spacial score (nSPS) is 11.7. The summed E-state index contributed by atoms with van der Waals surface area (Å²) in [5.41, 5.74) is 2.27. The molecule has 8 heteroatoms. The predicted octanol–water partition coefficient (Wildman–Crippen LogP) is 4.14. The Labute approximate surface area is 160 Å². The second kappa shape index (κ2) is 8.21. The Hall–Kier alpha value is -2.57. The summed E-state index contributed by atoms with van der Waals surface area (Å²) >= 11 is 5.89. The first-order valence-electron chi connectivity index (χ1n) is 7.61. The number of imidazole rings is 1. The van der Waals surface area contributed by atoms with E-state index in [4.69, 9.17) is 16.7 Å².